The van der Waals surface area contributed by atoms with Gasteiger partial charge in [-0.1, -0.05) is 20.8 Å². The summed E-state index contributed by atoms with van der Waals surface area (Å²) < 4.78 is 1.91. The molecule has 2 heterocycles. The smallest absolute Gasteiger partial charge is 0.0764 e. The van der Waals surface area contributed by atoms with Crippen molar-refractivity contribution >= 4 is 0 Å². The van der Waals surface area contributed by atoms with Crippen LogP contribution in [0.15, 0.2) is 12.3 Å². The molecule has 4 heteroatoms. The number of aromatic nitrogens is 2. The second-order valence-corrected chi connectivity index (χ2v) is 7.64. The summed E-state index contributed by atoms with van der Waals surface area (Å²) >= 11 is 0. The summed E-state index contributed by atoms with van der Waals surface area (Å²) in [5, 5.41) is 8.34. The lowest BCUT2D eigenvalue weighted by Crippen LogP contribution is -2.60. The Hall–Kier alpha value is -0.870. The minimum Gasteiger partial charge on any atom is -0.311 e. The van der Waals surface area contributed by atoms with Crippen LogP contribution in [0, 0.1) is 11.3 Å². The van der Waals surface area contributed by atoms with Crippen LogP contribution in [-0.4, -0.2) is 39.9 Å². The molecule has 1 aliphatic carbocycles. The number of piperazine rings is 1. The van der Waals surface area contributed by atoms with E-state index in [9.17, 15) is 0 Å². The normalized spacial score (nSPS) is 28.8. The maximum atomic E-state index is 4.56. The van der Waals surface area contributed by atoms with E-state index in [1.807, 2.05) is 17.9 Å². The minimum atomic E-state index is 0.316. The van der Waals surface area contributed by atoms with Crippen LogP contribution in [0.1, 0.15) is 39.3 Å². The van der Waals surface area contributed by atoms with Crippen molar-refractivity contribution in [2.75, 3.05) is 13.1 Å². The highest BCUT2D eigenvalue weighted by Gasteiger charge is 2.41. The lowest BCUT2D eigenvalue weighted by molar-refractivity contribution is 0.0677. The Labute approximate surface area is 122 Å². The van der Waals surface area contributed by atoms with Crippen LogP contribution in [0.5, 0.6) is 0 Å². The Morgan fingerprint density at radius 3 is 2.65 bits per heavy atom. The number of nitrogens with one attached hydrogen (secondary N) is 1. The molecule has 2 unspecified atom stereocenters. The van der Waals surface area contributed by atoms with E-state index in [1.54, 1.807) is 0 Å². The quantitative estimate of drug-likeness (QED) is 0.917. The first kappa shape index (κ1) is 14.1. The maximum Gasteiger partial charge on any atom is 0.0764 e. The lowest BCUT2D eigenvalue weighted by atomic mass is 9.84. The fraction of sp³-hybridized carbons (Fsp3) is 0.812. The molecule has 20 heavy (non-hydrogen) atoms. The van der Waals surface area contributed by atoms with Crippen LogP contribution in [0.2, 0.25) is 0 Å². The summed E-state index contributed by atoms with van der Waals surface area (Å²) in [6.45, 7) is 10.3. The number of hydrogen-bond acceptors (Lipinski definition) is 3. The molecule has 3 rings (SSSR count). The van der Waals surface area contributed by atoms with Crippen molar-refractivity contribution in [1.29, 1.82) is 0 Å². The van der Waals surface area contributed by atoms with E-state index in [4.69, 9.17) is 0 Å². The molecular weight excluding hydrogens is 248 g/mol. The Bertz CT molecular complexity index is 455. The topological polar surface area (TPSA) is 33.1 Å². The van der Waals surface area contributed by atoms with E-state index in [2.05, 4.69) is 42.2 Å². The highest BCUT2D eigenvalue weighted by atomic mass is 15.3. The largest absolute Gasteiger partial charge is 0.311 e. The van der Waals surface area contributed by atoms with Gasteiger partial charge in [-0.15, -0.1) is 0 Å². The van der Waals surface area contributed by atoms with Gasteiger partial charge < -0.3 is 5.32 Å². The molecule has 0 radical (unpaired) electrons. The molecule has 2 atom stereocenters. The molecule has 2 aliphatic rings. The summed E-state index contributed by atoms with van der Waals surface area (Å²) in [5.41, 5.74) is 1.52. The molecule has 0 spiro atoms. The van der Waals surface area contributed by atoms with Crippen LogP contribution in [0.3, 0.4) is 0 Å². The molecule has 1 aromatic rings. The van der Waals surface area contributed by atoms with Gasteiger partial charge in [0.2, 0.25) is 0 Å². The summed E-state index contributed by atoms with van der Waals surface area (Å²) in [4.78, 5) is 2.67. The van der Waals surface area contributed by atoms with E-state index in [0.29, 0.717) is 17.5 Å². The Morgan fingerprint density at radius 2 is 2.10 bits per heavy atom. The molecule has 0 aromatic carbocycles. The van der Waals surface area contributed by atoms with Crippen molar-refractivity contribution < 1.29 is 0 Å². The molecular formula is C16H28N4. The zero-order valence-electron chi connectivity index (χ0n) is 13.3. The second-order valence-electron chi connectivity index (χ2n) is 7.64. The fourth-order valence-corrected chi connectivity index (χ4v) is 3.29. The first-order chi connectivity index (χ1) is 9.43. The third kappa shape index (κ3) is 3.07. The zero-order valence-corrected chi connectivity index (χ0v) is 13.3. The van der Waals surface area contributed by atoms with Crippen molar-refractivity contribution in [3.05, 3.63) is 18.0 Å². The standard InChI is InChI=1S/C16H28N4/c1-16(2,3)15-11-20(10-13-7-8-19(4)18-13)14(9-17-15)12-5-6-12/h7-8,12,14-15,17H,5-6,9-11H2,1-4H3. The molecule has 1 aliphatic heterocycles. The van der Waals surface area contributed by atoms with E-state index in [0.717, 1.165) is 25.6 Å². The van der Waals surface area contributed by atoms with Gasteiger partial charge in [-0.25, -0.2) is 0 Å². The van der Waals surface area contributed by atoms with E-state index >= 15 is 0 Å². The molecule has 1 N–H and O–H groups in total. The molecule has 4 nitrogen and oxygen atoms in total. The van der Waals surface area contributed by atoms with Gasteiger partial charge in [0.05, 0.1) is 5.69 Å². The average molecular weight is 276 g/mol. The van der Waals surface area contributed by atoms with Crippen LogP contribution in [-0.2, 0) is 13.6 Å². The predicted octanol–water partition coefficient (Wildman–Crippen LogP) is 2.02. The molecule has 1 saturated carbocycles. The first-order valence-corrected chi connectivity index (χ1v) is 7.89. The van der Waals surface area contributed by atoms with Crippen molar-refractivity contribution in [2.24, 2.45) is 18.4 Å². The second kappa shape index (κ2) is 5.15. The highest BCUT2D eigenvalue weighted by molar-refractivity contribution is 5.03. The molecule has 1 saturated heterocycles. The third-order valence-electron chi connectivity index (χ3n) is 4.80. The van der Waals surface area contributed by atoms with Crippen LogP contribution >= 0.6 is 0 Å². The summed E-state index contributed by atoms with van der Waals surface area (Å²) in [5.74, 6) is 0.909. The Kier molecular flexibility index (Phi) is 3.63. The Morgan fingerprint density at radius 1 is 1.35 bits per heavy atom. The molecule has 2 fully saturated rings. The van der Waals surface area contributed by atoms with Gasteiger partial charge in [0.25, 0.3) is 0 Å². The SMILES string of the molecule is Cn1ccc(CN2CC(C(C)(C)C)NCC2C2CC2)n1. The van der Waals surface area contributed by atoms with Crippen molar-refractivity contribution in [3.8, 4) is 0 Å². The number of aryl methyl sites for hydroxylation is 1. The van der Waals surface area contributed by atoms with Crippen molar-refractivity contribution in [2.45, 2.75) is 52.2 Å². The first-order valence-electron chi connectivity index (χ1n) is 7.89. The van der Waals surface area contributed by atoms with Gasteiger partial charge in [-0.05, 0) is 30.2 Å². The average Bonchev–Trinajstić information content (AvgIpc) is 3.12. The summed E-state index contributed by atoms with van der Waals surface area (Å²) in [6, 6.07) is 3.43. The number of nitrogens with zero attached hydrogens (tertiary/aromatic N) is 3. The van der Waals surface area contributed by atoms with Gasteiger partial charge in [-0.3, -0.25) is 9.58 Å². The van der Waals surface area contributed by atoms with E-state index in [-0.39, 0.29) is 0 Å². The Balaban J connectivity index is 1.71. The molecule has 1 aromatic heterocycles. The fourth-order valence-electron chi connectivity index (χ4n) is 3.29. The highest BCUT2D eigenvalue weighted by Crippen LogP contribution is 2.38. The minimum absolute atomic E-state index is 0.316. The summed E-state index contributed by atoms with van der Waals surface area (Å²) in [6.07, 6.45) is 4.86. The predicted molar refractivity (Wildman–Crippen MR) is 81.4 cm³/mol. The molecule has 0 bridgehead atoms. The maximum absolute atomic E-state index is 4.56. The van der Waals surface area contributed by atoms with Gasteiger partial charge in [0, 0.05) is 45.0 Å². The van der Waals surface area contributed by atoms with Gasteiger partial charge in [-0.2, -0.15) is 5.10 Å². The number of hydrogen-bond donors (Lipinski definition) is 1. The van der Waals surface area contributed by atoms with E-state index in [1.165, 1.54) is 18.5 Å². The van der Waals surface area contributed by atoms with Crippen LogP contribution in [0.4, 0.5) is 0 Å². The monoisotopic (exact) mass is 276 g/mol. The van der Waals surface area contributed by atoms with Crippen LogP contribution < -0.4 is 5.32 Å². The van der Waals surface area contributed by atoms with Crippen molar-refractivity contribution in [3.63, 3.8) is 0 Å². The lowest BCUT2D eigenvalue weighted by Gasteiger charge is -2.45. The zero-order chi connectivity index (χ0) is 14.3. The number of rotatable bonds is 3. The van der Waals surface area contributed by atoms with Crippen LogP contribution in [0.25, 0.3) is 0 Å². The van der Waals surface area contributed by atoms with Gasteiger partial charge >= 0.3 is 0 Å². The summed E-state index contributed by atoms with van der Waals surface area (Å²) in [7, 11) is 2.00. The molecule has 0 amide bonds. The van der Waals surface area contributed by atoms with Crippen molar-refractivity contribution in [1.82, 2.24) is 20.0 Å². The van der Waals surface area contributed by atoms with E-state index < -0.39 is 0 Å². The third-order valence-corrected chi connectivity index (χ3v) is 4.80. The van der Waals surface area contributed by atoms with Gasteiger partial charge in [0.1, 0.15) is 0 Å². The van der Waals surface area contributed by atoms with Gasteiger partial charge in [0.15, 0.2) is 0 Å². The molecule has 112 valence electrons.